The van der Waals surface area contributed by atoms with Crippen LogP contribution >= 0.6 is 7.92 Å². The molecule has 220 valence electrons. The van der Waals surface area contributed by atoms with Gasteiger partial charge in [-0.05, 0) is 37.7 Å². The quantitative estimate of drug-likeness (QED) is 0.0671. The first-order valence-corrected chi connectivity index (χ1v) is 19.4. The van der Waals surface area contributed by atoms with Crippen LogP contribution in [0.25, 0.3) is 0 Å². The van der Waals surface area contributed by atoms with Crippen molar-refractivity contribution >= 4 is 7.92 Å². The summed E-state index contributed by atoms with van der Waals surface area (Å²) in [5, 5.41) is 0. The van der Waals surface area contributed by atoms with Crippen LogP contribution in [0.2, 0.25) is 0 Å². The van der Waals surface area contributed by atoms with Crippen molar-refractivity contribution in [3.63, 3.8) is 0 Å². The third-order valence-corrected chi connectivity index (χ3v) is 10.5. The molecule has 0 saturated heterocycles. The molecule has 0 N–H and O–H groups in total. The van der Waals surface area contributed by atoms with Gasteiger partial charge in [-0.3, -0.25) is 0 Å². The number of unbranched alkanes of at least 4 members (excludes halogenated alkanes) is 23. The molecule has 0 amide bonds. The Morgan fingerprint density at radius 3 is 0.583 bits per heavy atom. The number of rotatable bonds is 29. The van der Waals surface area contributed by atoms with Gasteiger partial charge in [0.15, 0.2) is 0 Å². The molecule has 0 aromatic rings. The fourth-order valence-corrected chi connectivity index (χ4v) is 7.75. The Labute approximate surface area is 234 Å². The zero-order valence-electron chi connectivity index (χ0n) is 26.7. The minimum atomic E-state index is 0.366. The highest BCUT2D eigenvalue weighted by atomic mass is 31.1. The van der Waals surface area contributed by atoms with Crippen LogP contribution in [0.4, 0.5) is 0 Å². The second-order valence-corrected chi connectivity index (χ2v) is 14.3. The van der Waals surface area contributed by atoms with E-state index < -0.39 is 0 Å². The molecule has 0 aliphatic heterocycles. The first-order chi connectivity index (χ1) is 17.8. The highest BCUT2D eigenvalue weighted by Gasteiger charge is 2.08. The van der Waals surface area contributed by atoms with Gasteiger partial charge in [-0.2, -0.15) is 0 Å². The van der Waals surface area contributed by atoms with Crippen molar-refractivity contribution in [2.24, 2.45) is 0 Å². The molecule has 0 fully saturated rings. The van der Waals surface area contributed by atoms with Gasteiger partial charge in [0, 0.05) is 0 Å². The van der Waals surface area contributed by atoms with Crippen molar-refractivity contribution < 1.29 is 0 Å². The summed E-state index contributed by atoms with van der Waals surface area (Å²) in [5.74, 6) is 0. The molecule has 0 bridgehead atoms. The monoisotopic (exact) mass is 527 g/mol. The zero-order chi connectivity index (χ0) is 26.8. The van der Waals surface area contributed by atoms with Crippen LogP contribution in [0.15, 0.2) is 0 Å². The maximum atomic E-state index is 2.32. The van der Waals surface area contributed by atoms with E-state index in [1.165, 1.54) is 173 Å². The molecule has 0 aromatic carbocycles. The Kier molecular flexibility index (Phi) is 40.3. The molecule has 0 rings (SSSR count). The Balaban J connectivity index is 0. The van der Waals surface area contributed by atoms with Crippen LogP contribution in [0.3, 0.4) is 0 Å². The van der Waals surface area contributed by atoms with Crippen LogP contribution in [0.1, 0.15) is 208 Å². The Bertz CT molecular complexity index is 293. The van der Waals surface area contributed by atoms with E-state index in [1.807, 2.05) is 0 Å². The van der Waals surface area contributed by atoms with Gasteiger partial charge in [-0.15, -0.1) is 7.92 Å². The Morgan fingerprint density at radius 2 is 0.389 bits per heavy atom. The lowest BCUT2D eigenvalue weighted by atomic mass is 10.1. The molecule has 0 heterocycles. The van der Waals surface area contributed by atoms with Crippen LogP contribution < -0.4 is 0 Å². The molecule has 0 aliphatic rings. The topological polar surface area (TPSA) is 0 Å². The predicted molar refractivity (Wildman–Crippen MR) is 175 cm³/mol. The van der Waals surface area contributed by atoms with E-state index in [4.69, 9.17) is 0 Å². The first-order valence-electron chi connectivity index (χ1n) is 17.5. The maximum Gasteiger partial charge on any atom is -0.0326 e. The van der Waals surface area contributed by atoms with Gasteiger partial charge in [0.2, 0.25) is 0 Å². The van der Waals surface area contributed by atoms with Crippen LogP contribution in [-0.4, -0.2) is 18.5 Å². The summed E-state index contributed by atoms with van der Waals surface area (Å²) in [4.78, 5) is 0. The van der Waals surface area contributed by atoms with Gasteiger partial charge < -0.3 is 0 Å². The number of hydrogen-bond donors (Lipinski definition) is 0. The predicted octanol–water partition coefficient (Wildman–Crippen LogP) is 14.1. The molecular weight excluding hydrogens is 451 g/mol. The summed E-state index contributed by atoms with van der Waals surface area (Å²) >= 11 is 0. The van der Waals surface area contributed by atoms with Crippen molar-refractivity contribution in [2.45, 2.75) is 208 Å². The lowest BCUT2D eigenvalue weighted by Crippen LogP contribution is -1.97. The maximum absolute atomic E-state index is 2.32. The molecule has 0 aromatic heterocycles. The van der Waals surface area contributed by atoms with E-state index in [9.17, 15) is 0 Å². The molecule has 0 radical (unpaired) electrons. The van der Waals surface area contributed by atoms with Crippen molar-refractivity contribution in [1.29, 1.82) is 0 Å². The third kappa shape index (κ3) is 36.6. The second kappa shape index (κ2) is 37.6. The summed E-state index contributed by atoms with van der Waals surface area (Å²) in [6.07, 6.45) is 44.2. The largest absolute Gasteiger partial charge is 0.107 e. The lowest BCUT2D eigenvalue weighted by molar-refractivity contribution is 0.572. The summed E-state index contributed by atoms with van der Waals surface area (Å²) in [6.45, 7) is 11.5. The van der Waals surface area contributed by atoms with Gasteiger partial charge >= 0.3 is 0 Å². The van der Waals surface area contributed by atoms with E-state index in [2.05, 4.69) is 34.6 Å². The smallest absolute Gasteiger partial charge is 0.0326 e. The van der Waals surface area contributed by atoms with E-state index >= 15 is 0 Å². The molecule has 36 heavy (non-hydrogen) atoms. The fraction of sp³-hybridized carbons (Fsp3) is 1.00. The fourth-order valence-electron chi connectivity index (χ4n) is 5.07. The van der Waals surface area contributed by atoms with Crippen LogP contribution in [0, 0.1) is 0 Å². The minimum Gasteiger partial charge on any atom is -0.107 e. The average Bonchev–Trinajstić information content (AvgIpc) is 2.89. The summed E-state index contributed by atoms with van der Waals surface area (Å²) in [5.41, 5.74) is 0. The molecule has 0 saturated carbocycles. The zero-order valence-corrected chi connectivity index (χ0v) is 27.6. The molecular formula is C35H75P. The van der Waals surface area contributed by atoms with Gasteiger partial charge in [0.1, 0.15) is 0 Å². The van der Waals surface area contributed by atoms with E-state index in [0.29, 0.717) is 7.92 Å². The average molecular weight is 527 g/mol. The highest BCUT2D eigenvalue weighted by Crippen LogP contribution is 2.39. The molecule has 1 heteroatoms. The van der Waals surface area contributed by atoms with Crippen molar-refractivity contribution in [1.82, 2.24) is 0 Å². The van der Waals surface area contributed by atoms with Crippen LogP contribution in [-0.2, 0) is 0 Å². The molecule has 0 atom stereocenters. The van der Waals surface area contributed by atoms with Crippen molar-refractivity contribution in [3.05, 3.63) is 0 Å². The standard InChI is InChI=1S/C24H51P.C11H24/c1-4-7-10-13-16-19-22-25(23-20-17-14-11-8-5-2)24-21-18-15-12-9-6-3;1-3-5-7-9-11-10-8-6-4-2/h4-24H2,1-3H3;3-11H2,1-2H3. The third-order valence-electron chi connectivity index (χ3n) is 7.69. The lowest BCUT2D eigenvalue weighted by Gasteiger charge is -2.18. The summed E-state index contributed by atoms with van der Waals surface area (Å²) in [6, 6.07) is 0. The van der Waals surface area contributed by atoms with E-state index in [1.54, 1.807) is 18.5 Å². The summed E-state index contributed by atoms with van der Waals surface area (Å²) in [7, 11) is 0.366. The number of hydrogen-bond acceptors (Lipinski definition) is 0. The summed E-state index contributed by atoms with van der Waals surface area (Å²) < 4.78 is 0. The Morgan fingerprint density at radius 1 is 0.222 bits per heavy atom. The molecule has 0 spiro atoms. The van der Waals surface area contributed by atoms with Crippen molar-refractivity contribution in [3.8, 4) is 0 Å². The van der Waals surface area contributed by atoms with Crippen LogP contribution in [0.5, 0.6) is 0 Å². The van der Waals surface area contributed by atoms with Gasteiger partial charge in [-0.25, -0.2) is 0 Å². The molecule has 0 unspecified atom stereocenters. The van der Waals surface area contributed by atoms with E-state index in [0.717, 1.165) is 0 Å². The normalized spacial score (nSPS) is 11.2. The molecule has 0 aliphatic carbocycles. The van der Waals surface area contributed by atoms with Gasteiger partial charge in [0.05, 0.1) is 0 Å². The van der Waals surface area contributed by atoms with Crippen molar-refractivity contribution in [2.75, 3.05) is 18.5 Å². The van der Waals surface area contributed by atoms with Gasteiger partial charge in [0.25, 0.3) is 0 Å². The molecule has 0 nitrogen and oxygen atoms in total. The Hall–Kier alpha value is 0.430. The SMILES string of the molecule is CCCCCCCCCCC.CCCCCCCCP(CCCCCCCC)CCCCCCCC. The van der Waals surface area contributed by atoms with E-state index in [-0.39, 0.29) is 0 Å². The first kappa shape index (κ1) is 38.6. The highest BCUT2D eigenvalue weighted by molar-refractivity contribution is 7.57. The second-order valence-electron chi connectivity index (χ2n) is 11.6. The minimum absolute atomic E-state index is 0.366. The van der Waals surface area contributed by atoms with Gasteiger partial charge in [-0.1, -0.05) is 189 Å².